The van der Waals surface area contributed by atoms with Crippen molar-refractivity contribution in [2.24, 2.45) is 0 Å². The Balaban J connectivity index is 1.73. The number of anilines is 1. The van der Waals surface area contributed by atoms with Gasteiger partial charge in [-0.25, -0.2) is 18.9 Å². The first-order valence-electron chi connectivity index (χ1n) is 6.74. The average Bonchev–Trinajstić information content (AvgIpc) is 3.24. The van der Waals surface area contributed by atoms with Crippen molar-refractivity contribution in [1.29, 1.82) is 0 Å². The fourth-order valence-electron chi connectivity index (χ4n) is 1.87. The highest BCUT2D eigenvalue weighted by Gasteiger charge is 2.15. The van der Waals surface area contributed by atoms with E-state index in [0.29, 0.717) is 5.69 Å². The monoisotopic (exact) mass is 346 g/mol. The first-order valence-corrected chi connectivity index (χ1v) is 7.55. The smallest absolute Gasteiger partial charge is 0.349 e. The van der Waals surface area contributed by atoms with Crippen LogP contribution in [0.1, 0.15) is 20.2 Å². The van der Waals surface area contributed by atoms with Crippen molar-refractivity contribution in [3.8, 4) is 5.69 Å². The topological polar surface area (TPSA) is 86.1 Å². The molecule has 3 aromatic rings. The molecule has 3 rings (SSSR count). The zero-order valence-electron chi connectivity index (χ0n) is 12.4. The second-order valence-electron chi connectivity index (χ2n) is 4.60. The number of carbonyl (C=O) groups is 2. The van der Waals surface area contributed by atoms with Gasteiger partial charge in [-0.2, -0.15) is 5.10 Å². The summed E-state index contributed by atoms with van der Waals surface area (Å²) in [6.45, 7) is 0. The van der Waals surface area contributed by atoms with Gasteiger partial charge >= 0.3 is 5.97 Å². The lowest BCUT2D eigenvalue weighted by molar-refractivity contribution is 0.0606. The molecule has 0 radical (unpaired) electrons. The van der Waals surface area contributed by atoms with Crippen LogP contribution >= 0.6 is 11.3 Å². The van der Waals surface area contributed by atoms with Crippen molar-refractivity contribution in [3.05, 3.63) is 59.1 Å². The van der Waals surface area contributed by atoms with Crippen LogP contribution in [0.2, 0.25) is 0 Å². The third-order valence-electron chi connectivity index (χ3n) is 3.03. The normalized spacial score (nSPS) is 10.4. The number of benzene rings is 1. The Hall–Kier alpha value is -3.07. The Morgan fingerprint density at radius 2 is 2.00 bits per heavy atom. The SMILES string of the molecule is COC(=O)c1cnc(NC(=O)c2ccn(-c3ccc(F)cc3)n2)s1. The molecule has 24 heavy (non-hydrogen) atoms. The minimum absolute atomic E-state index is 0.161. The largest absolute Gasteiger partial charge is 0.465 e. The maximum Gasteiger partial charge on any atom is 0.349 e. The molecule has 0 aliphatic rings. The van der Waals surface area contributed by atoms with Crippen LogP contribution in [0.15, 0.2) is 42.7 Å². The van der Waals surface area contributed by atoms with Crippen molar-refractivity contribution >= 4 is 28.3 Å². The van der Waals surface area contributed by atoms with Gasteiger partial charge in [0.1, 0.15) is 10.7 Å². The third kappa shape index (κ3) is 3.30. The predicted octanol–water partition coefficient (Wildman–Crippen LogP) is 2.51. The number of methoxy groups -OCH3 is 1. The van der Waals surface area contributed by atoms with Crippen molar-refractivity contribution in [2.75, 3.05) is 12.4 Å². The lowest BCUT2D eigenvalue weighted by atomic mass is 10.3. The van der Waals surface area contributed by atoms with Crippen LogP contribution in [-0.2, 0) is 4.74 Å². The highest BCUT2D eigenvalue weighted by atomic mass is 32.1. The minimum atomic E-state index is -0.520. The van der Waals surface area contributed by atoms with Gasteiger partial charge in [-0.1, -0.05) is 11.3 Å². The van der Waals surface area contributed by atoms with E-state index >= 15 is 0 Å². The van der Waals surface area contributed by atoms with E-state index in [1.165, 1.54) is 36.2 Å². The van der Waals surface area contributed by atoms with E-state index in [1.807, 2.05) is 0 Å². The second kappa shape index (κ2) is 6.59. The van der Waals surface area contributed by atoms with Gasteiger partial charge in [-0.15, -0.1) is 0 Å². The molecule has 0 aliphatic heterocycles. The maximum atomic E-state index is 12.9. The van der Waals surface area contributed by atoms with Crippen LogP contribution in [0.5, 0.6) is 0 Å². The molecule has 2 aromatic heterocycles. The number of hydrogen-bond acceptors (Lipinski definition) is 6. The molecule has 122 valence electrons. The van der Waals surface area contributed by atoms with Crippen molar-refractivity contribution in [2.45, 2.75) is 0 Å². The number of rotatable bonds is 4. The number of carbonyl (C=O) groups excluding carboxylic acids is 2. The van der Waals surface area contributed by atoms with Crippen LogP contribution in [-0.4, -0.2) is 33.8 Å². The number of halogens is 1. The molecule has 0 bridgehead atoms. The minimum Gasteiger partial charge on any atom is -0.465 e. The summed E-state index contributed by atoms with van der Waals surface area (Å²) in [5.41, 5.74) is 0.784. The van der Waals surface area contributed by atoms with Crippen LogP contribution < -0.4 is 5.32 Å². The van der Waals surface area contributed by atoms with Crippen LogP contribution in [0.4, 0.5) is 9.52 Å². The number of hydrogen-bond donors (Lipinski definition) is 1. The van der Waals surface area contributed by atoms with Crippen molar-refractivity contribution in [3.63, 3.8) is 0 Å². The number of amides is 1. The van der Waals surface area contributed by atoms with Gasteiger partial charge in [0.15, 0.2) is 10.8 Å². The first-order chi connectivity index (χ1) is 11.6. The molecule has 0 atom stereocenters. The Bertz CT molecular complexity index is 888. The van der Waals surface area contributed by atoms with Crippen molar-refractivity contribution < 1.29 is 18.7 Å². The van der Waals surface area contributed by atoms with E-state index in [9.17, 15) is 14.0 Å². The van der Waals surface area contributed by atoms with Gasteiger partial charge in [0.2, 0.25) is 0 Å². The average molecular weight is 346 g/mol. The molecule has 1 aromatic carbocycles. The van der Waals surface area contributed by atoms with Gasteiger partial charge in [0.05, 0.1) is 19.0 Å². The van der Waals surface area contributed by atoms with Gasteiger partial charge in [0, 0.05) is 6.20 Å². The molecular formula is C15H11FN4O3S. The number of aromatic nitrogens is 3. The maximum absolute atomic E-state index is 12.9. The number of thiazole rings is 1. The summed E-state index contributed by atoms with van der Waals surface area (Å²) < 4.78 is 19.0. The Morgan fingerprint density at radius 1 is 1.25 bits per heavy atom. The molecule has 1 amide bonds. The molecule has 0 saturated carbocycles. The Morgan fingerprint density at radius 3 is 2.71 bits per heavy atom. The zero-order valence-corrected chi connectivity index (χ0v) is 13.2. The summed E-state index contributed by atoms with van der Waals surface area (Å²) in [6.07, 6.45) is 2.91. The lowest BCUT2D eigenvalue weighted by Gasteiger charge is -2.01. The van der Waals surface area contributed by atoms with Gasteiger partial charge < -0.3 is 4.74 Å². The molecular weight excluding hydrogens is 335 g/mol. The summed E-state index contributed by atoms with van der Waals surface area (Å²) in [6, 6.07) is 7.23. The van der Waals surface area contributed by atoms with E-state index < -0.39 is 11.9 Å². The van der Waals surface area contributed by atoms with E-state index in [2.05, 4.69) is 20.1 Å². The molecule has 9 heteroatoms. The molecule has 7 nitrogen and oxygen atoms in total. The summed E-state index contributed by atoms with van der Waals surface area (Å²) in [7, 11) is 1.27. The second-order valence-corrected chi connectivity index (χ2v) is 5.63. The summed E-state index contributed by atoms with van der Waals surface area (Å²) in [5, 5.41) is 6.95. The van der Waals surface area contributed by atoms with Gasteiger partial charge in [-0.05, 0) is 30.3 Å². The number of nitrogens with one attached hydrogen (secondary N) is 1. The number of nitrogens with zero attached hydrogens (tertiary/aromatic N) is 3. The van der Waals surface area contributed by atoms with E-state index in [1.54, 1.807) is 18.3 Å². The molecule has 0 saturated heterocycles. The quantitative estimate of drug-likeness (QED) is 0.734. The lowest BCUT2D eigenvalue weighted by Crippen LogP contribution is -2.13. The van der Waals surface area contributed by atoms with Gasteiger partial charge in [0.25, 0.3) is 5.91 Å². The van der Waals surface area contributed by atoms with Crippen LogP contribution in [0.3, 0.4) is 0 Å². The number of esters is 1. The predicted molar refractivity (Wildman–Crippen MR) is 84.9 cm³/mol. The van der Waals surface area contributed by atoms with Crippen LogP contribution in [0.25, 0.3) is 5.69 Å². The van der Waals surface area contributed by atoms with E-state index in [-0.39, 0.29) is 21.5 Å². The summed E-state index contributed by atoms with van der Waals surface area (Å²) in [5.74, 6) is -1.34. The summed E-state index contributed by atoms with van der Waals surface area (Å²) in [4.78, 5) is 27.7. The highest BCUT2D eigenvalue weighted by molar-refractivity contribution is 7.17. The first kappa shape index (κ1) is 15.8. The fraction of sp³-hybridized carbons (Fsp3) is 0.0667. The molecule has 0 fully saturated rings. The fourth-order valence-corrected chi connectivity index (χ4v) is 2.60. The molecule has 0 unspecified atom stereocenters. The Labute approximate surface area is 139 Å². The highest BCUT2D eigenvalue weighted by Crippen LogP contribution is 2.19. The van der Waals surface area contributed by atoms with Crippen LogP contribution in [0, 0.1) is 5.82 Å². The molecule has 0 spiro atoms. The summed E-state index contributed by atoms with van der Waals surface area (Å²) >= 11 is 0.999. The van der Waals surface area contributed by atoms with Gasteiger partial charge in [-0.3, -0.25) is 10.1 Å². The van der Waals surface area contributed by atoms with Crippen molar-refractivity contribution in [1.82, 2.24) is 14.8 Å². The zero-order chi connectivity index (χ0) is 17.1. The molecule has 1 N–H and O–H groups in total. The van der Waals surface area contributed by atoms with E-state index in [0.717, 1.165) is 11.3 Å². The molecule has 2 heterocycles. The Kier molecular flexibility index (Phi) is 4.34. The number of ether oxygens (including phenoxy) is 1. The third-order valence-corrected chi connectivity index (χ3v) is 3.92. The molecule has 0 aliphatic carbocycles. The standard InChI is InChI=1S/C15H11FN4O3S/c1-23-14(22)12-8-17-15(24-12)18-13(21)11-6-7-20(19-11)10-4-2-9(16)3-5-10/h2-8H,1H3,(H,17,18,21). The van der Waals surface area contributed by atoms with E-state index in [4.69, 9.17) is 0 Å².